The molecule has 1 N–H and O–H groups in total. The molecule has 0 spiro atoms. The Balaban J connectivity index is 1.74. The van der Waals surface area contributed by atoms with E-state index in [0.29, 0.717) is 19.5 Å². The molecule has 19 heavy (non-hydrogen) atoms. The minimum absolute atomic E-state index is 0.142. The van der Waals surface area contributed by atoms with Crippen LogP contribution in [-0.4, -0.2) is 40.4 Å². The number of benzene rings is 1. The van der Waals surface area contributed by atoms with Gasteiger partial charge in [0.1, 0.15) is 0 Å². The van der Waals surface area contributed by atoms with Crippen molar-refractivity contribution >= 4 is 17.7 Å². The zero-order valence-corrected chi connectivity index (χ0v) is 12.6. The fourth-order valence-electron chi connectivity index (χ4n) is 2.17. The van der Waals surface area contributed by atoms with Gasteiger partial charge >= 0.3 is 0 Å². The SMILES string of the molecule is Cc1ccc(SCCC(=O)N2CC(C)(O)C2)cc1C. The molecule has 1 aromatic carbocycles. The van der Waals surface area contributed by atoms with Crippen LogP contribution < -0.4 is 0 Å². The van der Waals surface area contributed by atoms with E-state index in [2.05, 4.69) is 32.0 Å². The highest BCUT2D eigenvalue weighted by atomic mass is 32.2. The molecule has 0 radical (unpaired) electrons. The number of β-amino-alcohol motifs (C(OH)–C–C–N with tert-alkyl or cyclic N) is 1. The van der Waals surface area contributed by atoms with E-state index in [-0.39, 0.29) is 5.91 Å². The fraction of sp³-hybridized carbons (Fsp3) is 0.533. The predicted octanol–water partition coefficient (Wildman–Crippen LogP) is 2.38. The predicted molar refractivity (Wildman–Crippen MR) is 78.5 cm³/mol. The summed E-state index contributed by atoms with van der Waals surface area (Å²) in [4.78, 5) is 14.8. The first-order valence-corrected chi connectivity index (χ1v) is 7.56. The van der Waals surface area contributed by atoms with Crippen molar-refractivity contribution in [3.05, 3.63) is 29.3 Å². The van der Waals surface area contributed by atoms with Crippen molar-refractivity contribution < 1.29 is 9.90 Å². The van der Waals surface area contributed by atoms with E-state index in [1.807, 2.05) is 0 Å². The Morgan fingerprint density at radius 1 is 1.37 bits per heavy atom. The summed E-state index contributed by atoms with van der Waals surface area (Å²) in [7, 11) is 0. The average molecular weight is 279 g/mol. The van der Waals surface area contributed by atoms with Crippen molar-refractivity contribution in [3.8, 4) is 0 Å². The molecule has 0 saturated carbocycles. The number of thioether (sulfide) groups is 1. The van der Waals surface area contributed by atoms with Gasteiger partial charge < -0.3 is 10.0 Å². The van der Waals surface area contributed by atoms with Gasteiger partial charge in [-0.05, 0) is 44.0 Å². The lowest BCUT2D eigenvalue weighted by Gasteiger charge is -2.44. The van der Waals surface area contributed by atoms with Crippen molar-refractivity contribution in [2.24, 2.45) is 0 Å². The van der Waals surface area contributed by atoms with Crippen molar-refractivity contribution in [1.82, 2.24) is 4.90 Å². The maximum atomic E-state index is 11.8. The van der Waals surface area contributed by atoms with Crippen molar-refractivity contribution in [1.29, 1.82) is 0 Å². The van der Waals surface area contributed by atoms with E-state index in [9.17, 15) is 9.90 Å². The first kappa shape index (κ1) is 14.4. The van der Waals surface area contributed by atoms with E-state index in [4.69, 9.17) is 0 Å². The molecule has 1 fully saturated rings. The van der Waals surface area contributed by atoms with Crippen LogP contribution in [0, 0.1) is 13.8 Å². The lowest BCUT2D eigenvalue weighted by molar-refractivity contribution is -0.151. The highest BCUT2D eigenvalue weighted by Crippen LogP contribution is 2.24. The van der Waals surface area contributed by atoms with Crippen molar-refractivity contribution in [3.63, 3.8) is 0 Å². The summed E-state index contributed by atoms with van der Waals surface area (Å²) >= 11 is 1.71. The molecule has 104 valence electrons. The average Bonchev–Trinajstić information content (AvgIpc) is 2.30. The Labute approximate surface area is 119 Å². The van der Waals surface area contributed by atoms with Gasteiger partial charge in [-0.3, -0.25) is 4.79 Å². The topological polar surface area (TPSA) is 40.5 Å². The molecule has 0 bridgehead atoms. The second-order valence-corrected chi connectivity index (χ2v) is 6.76. The highest BCUT2D eigenvalue weighted by Gasteiger charge is 2.38. The molecule has 0 aliphatic carbocycles. The van der Waals surface area contributed by atoms with Crippen LogP contribution in [0.2, 0.25) is 0 Å². The van der Waals surface area contributed by atoms with Crippen LogP contribution >= 0.6 is 11.8 Å². The summed E-state index contributed by atoms with van der Waals surface area (Å²) in [6, 6.07) is 6.39. The molecule has 3 nitrogen and oxygen atoms in total. The Bertz CT molecular complexity index is 477. The van der Waals surface area contributed by atoms with E-state index in [1.54, 1.807) is 23.6 Å². The zero-order chi connectivity index (χ0) is 14.0. The second-order valence-electron chi connectivity index (χ2n) is 5.59. The lowest BCUT2D eigenvalue weighted by Crippen LogP contribution is -2.61. The lowest BCUT2D eigenvalue weighted by atomic mass is 9.97. The number of nitrogens with zero attached hydrogens (tertiary/aromatic N) is 1. The third-order valence-electron chi connectivity index (χ3n) is 3.48. The Morgan fingerprint density at radius 2 is 2.05 bits per heavy atom. The van der Waals surface area contributed by atoms with Crippen molar-refractivity contribution in [2.45, 2.75) is 37.7 Å². The molecule has 1 aliphatic rings. The van der Waals surface area contributed by atoms with Gasteiger partial charge in [0.15, 0.2) is 0 Å². The fourth-order valence-corrected chi connectivity index (χ4v) is 3.11. The number of hydrogen-bond donors (Lipinski definition) is 1. The molecule has 2 rings (SSSR count). The Kier molecular flexibility index (Phi) is 4.21. The summed E-state index contributed by atoms with van der Waals surface area (Å²) in [5.41, 5.74) is 1.91. The maximum absolute atomic E-state index is 11.8. The molecular formula is C15H21NO2S. The number of aryl methyl sites for hydroxylation is 2. The summed E-state index contributed by atoms with van der Waals surface area (Å²) in [6.07, 6.45) is 0.535. The molecule has 1 heterocycles. The van der Waals surface area contributed by atoms with Gasteiger partial charge in [-0.15, -0.1) is 11.8 Å². The first-order chi connectivity index (χ1) is 8.87. The van der Waals surface area contributed by atoms with Crippen LogP contribution in [0.1, 0.15) is 24.5 Å². The summed E-state index contributed by atoms with van der Waals surface area (Å²) < 4.78 is 0. The minimum Gasteiger partial charge on any atom is -0.386 e. The molecule has 4 heteroatoms. The summed E-state index contributed by atoms with van der Waals surface area (Å²) in [5.74, 6) is 0.933. The number of aliphatic hydroxyl groups is 1. The van der Waals surface area contributed by atoms with Gasteiger partial charge in [0, 0.05) is 17.1 Å². The normalized spacial score (nSPS) is 17.2. The second kappa shape index (κ2) is 5.55. The van der Waals surface area contributed by atoms with Gasteiger partial charge in [-0.1, -0.05) is 6.07 Å². The van der Waals surface area contributed by atoms with E-state index >= 15 is 0 Å². The van der Waals surface area contributed by atoms with Crippen LogP contribution in [-0.2, 0) is 4.79 Å². The summed E-state index contributed by atoms with van der Waals surface area (Å²) in [6.45, 7) is 6.91. The van der Waals surface area contributed by atoms with Crippen molar-refractivity contribution in [2.75, 3.05) is 18.8 Å². The highest BCUT2D eigenvalue weighted by molar-refractivity contribution is 7.99. The molecule has 1 saturated heterocycles. The van der Waals surface area contributed by atoms with Crippen LogP contribution in [0.15, 0.2) is 23.1 Å². The smallest absolute Gasteiger partial charge is 0.223 e. The quantitative estimate of drug-likeness (QED) is 0.860. The number of carbonyl (C=O) groups is 1. The molecular weight excluding hydrogens is 258 g/mol. The molecule has 1 aliphatic heterocycles. The van der Waals surface area contributed by atoms with Gasteiger partial charge in [-0.2, -0.15) is 0 Å². The third-order valence-corrected chi connectivity index (χ3v) is 4.47. The molecule has 1 aromatic rings. The van der Waals surface area contributed by atoms with Crippen LogP contribution in [0.4, 0.5) is 0 Å². The van der Waals surface area contributed by atoms with Gasteiger partial charge in [0.05, 0.1) is 18.7 Å². The van der Waals surface area contributed by atoms with E-state index in [1.165, 1.54) is 16.0 Å². The molecule has 0 atom stereocenters. The number of amides is 1. The van der Waals surface area contributed by atoms with E-state index in [0.717, 1.165) is 5.75 Å². The van der Waals surface area contributed by atoms with Crippen LogP contribution in [0.25, 0.3) is 0 Å². The zero-order valence-electron chi connectivity index (χ0n) is 11.8. The van der Waals surface area contributed by atoms with Crippen LogP contribution in [0.5, 0.6) is 0 Å². The van der Waals surface area contributed by atoms with Gasteiger partial charge in [0.2, 0.25) is 5.91 Å². The first-order valence-electron chi connectivity index (χ1n) is 6.58. The summed E-state index contributed by atoms with van der Waals surface area (Å²) in [5, 5.41) is 9.59. The third kappa shape index (κ3) is 3.74. The maximum Gasteiger partial charge on any atom is 0.223 e. The van der Waals surface area contributed by atoms with Crippen LogP contribution in [0.3, 0.4) is 0 Å². The molecule has 0 unspecified atom stereocenters. The molecule has 0 aromatic heterocycles. The number of likely N-dealkylation sites (tertiary alicyclic amines) is 1. The minimum atomic E-state index is -0.670. The standard InChI is InChI=1S/C15H21NO2S/c1-11-4-5-13(8-12(11)2)19-7-6-14(17)16-9-15(3,18)10-16/h4-5,8,18H,6-7,9-10H2,1-3H3. The number of rotatable bonds is 4. The number of carbonyl (C=O) groups excluding carboxylic acids is 1. The number of hydrogen-bond acceptors (Lipinski definition) is 3. The Hall–Kier alpha value is -1.00. The Morgan fingerprint density at radius 3 is 2.63 bits per heavy atom. The molecule has 1 amide bonds. The van der Waals surface area contributed by atoms with Gasteiger partial charge in [0.25, 0.3) is 0 Å². The monoisotopic (exact) mass is 279 g/mol. The van der Waals surface area contributed by atoms with E-state index < -0.39 is 5.60 Å². The largest absolute Gasteiger partial charge is 0.386 e. The van der Waals surface area contributed by atoms with Gasteiger partial charge in [-0.25, -0.2) is 0 Å².